The molecule has 0 saturated heterocycles. The number of ether oxygens (including phenoxy) is 1. The van der Waals surface area contributed by atoms with Gasteiger partial charge in [0.05, 0.1) is 22.7 Å². The maximum Gasteiger partial charge on any atom is 0.264 e. The van der Waals surface area contributed by atoms with E-state index in [9.17, 15) is 18.0 Å². The van der Waals surface area contributed by atoms with Crippen LogP contribution in [0.15, 0.2) is 106 Å². The van der Waals surface area contributed by atoms with Crippen LogP contribution in [0, 0.1) is 6.92 Å². The Hall–Kier alpha value is -3.86. The molecule has 258 valence electrons. The molecule has 1 N–H and O–H groups in total. The number of carbonyl (C=O) groups excluding carboxylic acids is 2. The van der Waals surface area contributed by atoms with E-state index in [1.807, 2.05) is 61.5 Å². The lowest BCUT2D eigenvalue weighted by atomic mass is 9.94. The predicted octanol–water partition coefficient (Wildman–Crippen LogP) is 7.70. The predicted molar refractivity (Wildman–Crippen MR) is 197 cm³/mol. The van der Waals surface area contributed by atoms with Crippen LogP contribution in [0.3, 0.4) is 0 Å². The molecule has 11 heteroatoms. The summed E-state index contributed by atoms with van der Waals surface area (Å²) in [5.41, 5.74) is 2.74. The molecule has 0 spiro atoms. The largest absolute Gasteiger partial charge is 0.495 e. The van der Waals surface area contributed by atoms with Gasteiger partial charge in [-0.15, -0.1) is 0 Å². The molecular formula is C38H41BrClN3O5S. The Balaban J connectivity index is 1.58. The number of hydrogen-bond donors (Lipinski definition) is 1. The average molecular weight is 767 g/mol. The van der Waals surface area contributed by atoms with Crippen LogP contribution < -0.4 is 14.4 Å². The summed E-state index contributed by atoms with van der Waals surface area (Å²) in [5, 5.41) is 3.42. The molecule has 8 nitrogen and oxygen atoms in total. The van der Waals surface area contributed by atoms with Crippen LogP contribution in [0.5, 0.6) is 5.75 Å². The number of amides is 2. The summed E-state index contributed by atoms with van der Waals surface area (Å²) in [5.74, 6) is -0.440. The third-order valence-corrected chi connectivity index (χ3v) is 11.4. The van der Waals surface area contributed by atoms with E-state index in [0.29, 0.717) is 5.75 Å². The first-order valence-electron chi connectivity index (χ1n) is 16.4. The van der Waals surface area contributed by atoms with Crippen LogP contribution in [-0.4, -0.2) is 50.9 Å². The van der Waals surface area contributed by atoms with Gasteiger partial charge in [-0.25, -0.2) is 8.42 Å². The highest BCUT2D eigenvalue weighted by Gasteiger charge is 2.35. The fourth-order valence-corrected chi connectivity index (χ4v) is 8.21. The molecule has 0 aromatic heterocycles. The Morgan fingerprint density at radius 3 is 2.27 bits per heavy atom. The Bertz CT molecular complexity index is 1850. The van der Waals surface area contributed by atoms with Gasteiger partial charge in [0.15, 0.2) is 0 Å². The van der Waals surface area contributed by atoms with Crippen molar-refractivity contribution in [3.8, 4) is 5.75 Å². The summed E-state index contributed by atoms with van der Waals surface area (Å²) in [6.07, 6.45) is 5.21. The standard InChI is InChI=1S/C38H41BrClN3O5S/c1-27-16-19-33(20-17-27)49(46,47)43(32-18-21-36(48-2)34(40)24-32)26-37(44)42(25-29-12-9-13-30(39)22-29)35(23-28-10-5-3-6-11-28)38(45)41-31-14-7-4-8-15-31/h3,5-6,9-13,16-22,24,31,35H,4,7-8,14-15,23,25-26H2,1-2H3,(H,41,45). The minimum Gasteiger partial charge on any atom is -0.495 e. The second-order valence-electron chi connectivity index (χ2n) is 12.3. The maximum absolute atomic E-state index is 14.8. The number of anilines is 1. The number of hydrogen-bond acceptors (Lipinski definition) is 5. The van der Waals surface area contributed by atoms with Crippen LogP contribution in [0.25, 0.3) is 0 Å². The van der Waals surface area contributed by atoms with Crippen molar-refractivity contribution in [2.24, 2.45) is 0 Å². The SMILES string of the molecule is COc1ccc(N(CC(=O)N(Cc2cccc(Br)c2)C(Cc2ccccc2)C(=O)NC2CCCCC2)S(=O)(=O)c2ccc(C)cc2)cc1Cl. The number of nitrogens with zero attached hydrogens (tertiary/aromatic N) is 2. The zero-order valence-electron chi connectivity index (χ0n) is 27.6. The highest BCUT2D eigenvalue weighted by Crippen LogP contribution is 2.32. The molecular weight excluding hydrogens is 726 g/mol. The Labute approximate surface area is 302 Å². The number of aryl methyl sites for hydroxylation is 1. The van der Waals surface area contributed by atoms with Crippen molar-refractivity contribution in [2.75, 3.05) is 18.0 Å². The number of halogens is 2. The Morgan fingerprint density at radius 1 is 0.918 bits per heavy atom. The molecule has 1 unspecified atom stereocenters. The van der Waals surface area contributed by atoms with Gasteiger partial charge in [-0.3, -0.25) is 13.9 Å². The lowest BCUT2D eigenvalue weighted by Gasteiger charge is -2.35. The van der Waals surface area contributed by atoms with E-state index in [1.54, 1.807) is 24.3 Å². The molecule has 0 radical (unpaired) electrons. The summed E-state index contributed by atoms with van der Waals surface area (Å²) in [6.45, 7) is 1.37. The number of benzene rings is 4. The van der Waals surface area contributed by atoms with Gasteiger partial charge in [0.2, 0.25) is 11.8 Å². The number of carbonyl (C=O) groups is 2. The number of sulfonamides is 1. The second kappa shape index (κ2) is 16.7. The van der Waals surface area contributed by atoms with Gasteiger partial charge in [0.25, 0.3) is 10.0 Å². The van der Waals surface area contributed by atoms with E-state index in [0.717, 1.165) is 57.6 Å². The highest BCUT2D eigenvalue weighted by atomic mass is 79.9. The second-order valence-corrected chi connectivity index (χ2v) is 15.5. The summed E-state index contributed by atoms with van der Waals surface area (Å²) >= 11 is 10.0. The van der Waals surface area contributed by atoms with Crippen LogP contribution in [-0.2, 0) is 32.6 Å². The van der Waals surface area contributed by atoms with E-state index in [4.69, 9.17) is 16.3 Å². The molecule has 4 aromatic carbocycles. The quantitative estimate of drug-likeness (QED) is 0.151. The maximum atomic E-state index is 14.8. The Kier molecular flexibility index (Phi) is 12.4. The number of nitrogens with one attached hydrogen (secondary N) is 1. The smallest absolute Gasteiger partial charge is 0.264 e. The van der Waals surface area contributed by atoms with Crippen LogP contribution in [0.1, 0.15) is 48.8 Å². The van der Waals surface area contributed by atoms with Gasteiger partial charge in [-0.05, 0) is 73.4 Å². The third-order valence-electron chi connectivity index (χ3n) is 8.78. The molecule has 0 bridgehead atoms. The van der Waals surface area contributed by atoms with Crippen molar-refractivity contribution >= 4 is 55.1 Å². The van der Waals surface area contributed by atoms with E-state index in [1.165, 1.54) is 30.2 Å². The molecule has 0 heterocycles. The number of methoxy groups -OCH3 is 1. The fourth-order valence-electron chi connectivity index (χ4n) is 6.11. The summed E-state index contributed by atoms with van der Waals surface area (Å²) in [4.78, 5) is 30.5. The minimum atomic E-state index is -4.26. The summed E-state index contributed by atoms with van der Waals surface area (Å²) in [7, 11) is -2.80. The van der Waals surface area contributed by atoms with Crippen molar-refractivity contribution in [1.29, 1.82) is 0 Å². The summed E-state index contributed by atoms with van der Waals surface area (Å²) in [6, 6.07) is 27.2. The van der Waals surface area contributed by atoms with Gasteiger partial charge >= 0.3 is 0 Å². The van der Waals surface area contributed by atoms with Crippen molar-refractivity contribution in [3.05, 3.63) is 123 Å². The van der Waals surface area contributed by atoms with Gasteiger partial charge in [0, 0.05) is 23.5 Å². The van der Waals surface area contributed by atoms with E-state index < -0.39 is 28.5 Å². The first-order valence-corrected chi connectivity index (χ1v) is 19.0. The fraction of sp³-hybridized carbons (Fsp3) is 0.316. The molecule has 0 aliphatic heterocycles. The van der Waals surface area contributed by atoms with Crippen LogP contribution in [0.2, 0.25) is 5.02 Å². The van der Waals surface area contributed by atoms with Crippen molar-refractivity contribution in [1.82, 2.24) is 10.2 Å². The molecule has 1 aliphatic carbocycles. The van der Waals surface area contributed by atoms with Crippen molar-refractivity contribution in [2.45, 2.75) is 69.0 Å². The summed E-state index contributed by atoms with van der Waals surface area (Å²) < 4.78 is 35.8. The molecule has 1 saturated carbocycles. The molecule has 1 aliphatic rings. The molecule has 1 fully saturated rings. The van der Waals surface area contributed by atoms with E-state index >= 15 is 0 Å². The highest BCUT2D eigenvalue weighted by molar-refractivity contribution is 9.10. The van der Waals surface area contributed by atoms with Gasteiger partial charge in [0.1, 0.15) is 18.3 Å². The first-order chi connectivity index (χ1) is 23.5. The monoisotopic (exact) mass is 765 g/mol. The topological polar surface area (TPSA) is 96.0 Å². The molecule has 1 atom stereocenters. The minimum absolute atomic E-state index is 0.0159. The molecule has 49 heavy (non-hydrogen) atoms. The third kappa shape index (κ3) is 9.44. The lowest BCUT2D eigenvalue weighted by molar-refractivity contribution is -0.140. The molecule has 5 rings (SSSR count). The Morgan fingerprint density at radius 2 is 1.61 bits per heavy atom. The van der Waals surface area contributed by atoms with Crippen LogP contribution >= 0.6 is 27.5 Å². The van der Waals surface area contributed by atoms with E-state index in [2.05, 4.69) is 21.2 Å². The van der Waals surface area contributed by atoms with Crippen LogP contribution in [0.4, 0.5) is 5.69 Å². The van der Waals surface area contributed by atoms with E-state index in [-0.39, 0.29) is 40.5 Å². The van der Waals surface area contributed by atoms with Gasteiger partial charge < -0.3 is 15.0 Å². The van der Waals surface area contributed by atoms with Gasteiger partial charge in [-0.2, -0.15) is 0 Å². The lowest BCUT2D eigenvalue weighted by Crippen LogP contribution is -2.55. The average Bonchev–Trinajstić information content (AvgIpc) is 3.09. The van der Waals surface area contributed by atoms with Crippen molar-refractivity contribution < 1.29 is 22.7 Å². The number of rotatable bonds is 13. The zero-order chi connectivity index (χ0) is 35.0. The normalized spacial score (nSPS) is 14.1. The molecule has 2 amide bonds. The zero-order valence-corrected chi connectivity index (χ0v) is 30.8. The first kappa shape index (κ1) is 36.4. The van der Waals surface area contributed by atoms with Gasteiger partial charge in [-0.1, -0.05) is 107 Å². The van der Waals surface area contributed by atoms with Crippen molar-refractivity contribution in [3.63, 3.8) is 0 Å². The molecule has 4 aromatic rings.